The summed E-state index contributed by atoms with van der Waals surface area (Å²) in [5, 5.41) is 0.738. The molecule has 0 aliphatic rings. The number of hydrogen-bond donors (Lipinski definition) is 0. The van der Waals surface area contributed by atoms with Gasteiger partial charge in [0.2, 0.25) is 0 Å². The fraction of sp³-hybridized carbons (Fsp3) is 0. The molecule has 0 aliphatic carbocycles. The third-order valence-corrected chi connectivity index (χ3v) is 3.53. The van der Waals surface area contributed by atoms with Crippen molar-refractivity contribution in [3.8, 4) is 0 Å². The molecule has 0 radical (unpaired) electrons. The summed E-state index contributed by atoms with van der Waals surface area (Å²) in [6.07, 6.45) is 9.81. The van der Waals surface area contributed by atoms with Crippen molar-refractivity contribution < 1.29 is 4.42 Å². The molecule has 22 heavy (non-hydrogen) atoms. The lowest BCUT2D eigenvalue weighted by molar-refractivity contribution is 0.557. The molecule has 3 aromatic rings. The number of benzene rings is 2. The van der Waals surface area contributed by atoms with Gasteiger partial charge in [0.1, 0.15) is 5.76 Å². The highest BCUT2D eigenvalue weighted by Gasteiger charge is 1.99. The van der Waals surface area contributed by atoms with Crippen molar-refractivity contribution in [3.63, 3.8) is 0 Å². The summed E-state index contributed by atoms with van der Waals surface area (Å²) in [5.74, 6) is 0.835. The van der Waals surface area contributed by atoms with Crippen LogP contribution in [0.1, 0.15) is 22.5 Å². The van der Waals surface area contributed by atoms with Gasteiger partial charge >= 0.3 is 0 Å². The summed E-state index contributed by atoms with van der Waals surface area (Å²) < 4.78 is 5.53. The largest absolute Gasteiger partial charge is 0.464 e. The van der Waals surface area contributed by atoms with E-state index in [1.807, 2.05) is 60.7 Å². The minimum absolute atomic E-state index is 0.738. The predicted molar refractivity (Wildman–Crippen MR) is 94.5 cm³/mol. The molecule has 108 valence electrons. The molecule has 0 fully saturated rings. The second kappa shape index (κ2) is 6.97. The first-order valence-corrected chi connectivity index (χ1v) is 7.43. The molecular weight excluding hydrogens is 292 g/mol. The maximum absolute atomic E-state index is 5.88. The summed E-state index contributed by atoms with van der Waals surface area (Å²) in [7, 11) is 0. The van der Waals surface area contributed by atoms with Gasteiger partial charge in [0, 0.05) is 10.6 Å². The average Bonchev–Trinajstić information content (AvgIpc) is 3.01. The first-order chi connectivity index (χ1) is 10.8. The van der Waals surface area contributed by atoms with E-state index in [1.54, 1.807) is 6.26 Å². The van der Waals surface area contributed by atoms with Crippen molar-refractivity contribution in [2.24, 2.45) is 0 Å². The van der Waals surface area contributed by atoms with Crippen molar-refractivity contribution in [2.45, 2.75) is 0 Å². The van der Waals surface area contributed by atoms with Crippen LogP contribution in [0.5, 0.6) is 0 Å². The van der Waals surface area contributed by atoms with Crippen molar-refractivity contribution in [1.29, 1.82) is 0 Å². The van der Waals surface area contributed by atoms with Gasteiger partial charge in [-0.25, -0.2) is 0 Å². The van der Waals surface area contributed by atoms with E-state index < -0.39 is 0 Å². The fourth-order valence-corrected chi connectivity index (χ4v) is 2.23. The van der Waals surface area contributed by atoms with E-state index in [4.69, 9.17) is 16.0 Å². The summed E-state index contributed by atoms with van der Waals surface area (Å²) in [4.78, 5) is 0. The second-order valence-electron chi connectivity index (χ2n) is 4.87. The third-order valence-electron chi connectivity index (χ3n) is 3.28. The van der Waals surface area contributed by atoms with Crippen LogP contribution in [0.25, 0.3) is 24.3 Å². The standard InChI is InChI=1S/C20H15ClO/c21-19-11-7-17(8-12-19)9-13-20-18(14-15-22-20)10-6-16-4-2-1-3-5-16/h1-15H/b10-6+,13-9+. The number of furan rings is 1. The average molecular weight is 307 g/mol. The van der Waals surface area contributed by atoms with Gasteiger partial charge < -0.3 is 4.42 Å². The lowest BCUT2D eigenvalue weighted by Gasteiger charge is -1.95. The Labute approximate surface area is 135 Å². The Morgan fingerprint density at radius 2 is 1.36 bits per heavy atom. The molecule has 0 spiro atoms. The number of halogens is 1. The smallest absolute Gasteiger partial charge is 0.133 e. The molecule has 2 aromatic carbocycles. The summed E-state index contributed by atoms with van der Waals surface area (Å²) in [5.41, 5.74) is 3.30. The van der Waals surface area contributed by atoms with Crippen molar-refractivity contribution in [1.82, 2.24) is 0 Å². The normalized spacial score (nSPS) is 11.5. The van der Waals surface area contributed by atoms with Gasteiger partial charge in [-0.2, -0.15) is 0 Å². The minimum atomic E-state index is 0.738. The molecule has 0 atom stereocenters. The molecule has 0 unspecified atom stereocenters. The summed E-state index contributed by atoms with van der Waals surface area (Å²) >= 11 is 5.88. The monoisotopic (exact) mass is 306 g/mol. The van der Waals surface area contributed by atoms with Crippen LogP contribution in [0.2, 0.25) is 5.02 Å². The number of rotatable bonds is 4. The SMILES string of the molecule is Clc1ccc(/C=C/c2occc2/C=C/c2ccccc2)cc1. The molecule has 0 aliphatic heterocycles. The number of hydrogen-bond acceptors (Lipinski definition) is 1. The Kier molecular flexibility index (Phi) is 4.57. The van der Waals surface area contributed by atoms with E-state index >= 15 is 0 Å². The molecule has 0 saturated heterocycles. The fourth-order valence-electron chi connectivity index (χ4n) is 2.10. The van der Waals surface area contributed by atoms with E-state index in [0.717, 1.165) is 27.5 Å². The highest BCUT2D eigenvalue weighted by Crippen LogP contribution is 2.18. The summed E-state index contributed by atoms with van der Waals surface area (Å²) in [6.45, 7) is 0. The van der Waals surface area contributed by atoms with E-state index in [-0.39, 0.29) is 0 Å². The van der Waals surface area contributed by atoms with Crippen LogP contribution in [-0.2, 0) is 0 Å². The molecule has 1 aromatic heterocycles. The van der Waals surface area contributed by atoms with Gasteiger partial charge in [0.25, 0.3) is 0 Å². The van der Waals surface area contributed by atoms with Crippen molar-refractivity contribution in [3.05, 3.63) is 94.4 Å². The van der Waals surface area contributed by atoms with Crippen LogP contribution in [0.15, 0.2) is 71.3 Å². The molecule has 0 amide bonds. The third kappa shape index (κ3) is 3.78. The second-order valence-corrected chi connectivity index (χ2v) is 5.31. The molecule has 0 bridgehead atoms. The van der Waals surface area contributed by atoms with E-state index in [0.29, 0.717) is 0 Å². The Balaban J connectivity index is 1.77. The maximum atomic E-state index is 5.88. The van der Waals surface area contributed by atoms with Gasteiger partial charge in [-0.15, -0.1) is 0 Å². The Morgan fingerprint density at radius 1 is 0.682 bits per heavy atom. The van der Waals surface area contributed by atoms with Crippen LogP contribution < -0.4 is 0 Å². The maximum Gasteiger partial charge on any atom is 0.133 e. The minimum Gasteiger partial charge on any atom is -0.464 e. The molecule has 0 saturated carbocycles. The molecule has 0 N–H and O–H groups in total. The highest BCUT2D eigenvalue weighted by molar-refractivity contribution is 6.30. The lowest BCUT2D eigenvalue weighted by Crippen LogP contribution is -1.74. The van der Waals surface area contributed by atoms with Gasteiger partial charge in [-0.3, -0.25) is 0 Å². The van der Waals surface area contributed by atoms with Gasteiger partial charge in [0.15, 0.2) is 0 Å². The van der Waals surface area contributed by atoms with Gasteiger partial charge in [-0.1, -0.05) is 72.3 Å². The van der Waals surface area contributed by atoms with Gasteiger partial charge in [-0.05, 0) is 35.4 Å². The first-order valence-electron chi connectivity index (χ1n) is 7.05. The molecule has 2 heteroatoms. The predicted octanol–water partition coefficient (Wildman–Crippen LogP) is 6.27. The quantitative estimate of drug-likeness (QED) is 0.553. The lowest BCUT2D eigenvalue weighted by atomic mass is 10.1. The van der Waals surface area contributed by atoms with Crippen LogP contribution in [0.3, 0.4) is 0 Å². The first kappa shape index (κ1) is 14.4. The molecule has 1 heterocycles. The molecule has 3 rings (SSSR count). The van der Waals surface area contributed by atoms with Crippen LogP contribution in [0.4, 0.5) is 0 Å². The molecular formula is C20H15ClO. The zero-order chi connectivity index (χ0) is 15.2. The van der Waals surface area contributed by atoms with Crippen LogP contribution in [0, 0.1) is 0 Å². The topological polar surface area (TPSA) is 13.1 Å². The van der Waals surface area contributed by atoms with Crippen molar-refractivity contribution in [2.75, 3.05) is 0 Å². The van der Waals surface area contributed by atoms with E-state index in [9.17, 15) is 0 Å². The van der Waals surface area contributed by atoms with E-state index in [2.05, 4.69) is 24.3 Å². The zero-order valence-corrected chi connectivity index (χ0v) is 12.7. The molecule has 1 nitrogen and oxygen atoms in total. The Hall–Kier alpha value is -2.51. The van der Waals surface area contributed by atoms with Gasteiger partial charge in [0.05, 0.1) is 6.26 Å². The zero-order valence-electron chi connectivity index (χ0n) is 11.9. The Bertz CT molecular complexity index is 780. The van der Waals surface area contributed by atoms with Crippen LogP contribution in [-0.4, -0.2) is 0 Å². The van der Waals surface area contributed by atoms with E-state index in [1.165, 1.54) is 0 Å². The summed E-state index contributed by atoms with van der Waals surface area (Å²) in [6, 6.07) is 19.9. The van der Waals surface area contributed by atoms with Crippen LogP contribution >= 0.6 is 11.6 Å². The highest BCUT2D eigenvalue weighted by atomic mass is 35.5. The Morgan fingerprint density at radius 3 is 2.14 bits per heavy atom. The van der Waals surface area contributed by atoms with Crippen molar-refractivity contribution >= 4 is 35.9 Å².